The Morgan fingerprint density at radius 1 is 1.31 bits per heavy atom. The fraction of sp³-hybridized carbons (Fsp3) is 1.00. The number of hydrogen-bond donors (Lipinski definition) is 3. The molecule has 0 aliphatic heterocycles. The number of ether oxygens (including phenoxy) is 2. The number of nitrogens with one attached hydrogen (secondary N) is 1. The second-order valence-electron chi connectivity index (χ2n) is 2.51. The van der Waals surface area contributed by atoms with Gasteiger partial charge in [0.15, 0.2) is 0 Å². The standard InChI is InChI=1S/C8H20N2O3/c1-2-12-5-6-13-4-3-10-8(11)7-9/h8,10-11H,2-7,9H2,1H3. The average molecular weight is 192 g/mol. The highest BCUT2D eigenvalue weighted by atomic mass is 16.5. The van der Waals surface area contributed by atoms with E-state index in [-0.39, 0.29) is 6.54 Å². The molecule has 0 spiro atoms. The van der Waals surface area contributed by atoms with E-state index in [9.17, 15) is 0 Å². The summed E-state index contributed by atoms with van der Waals surface area (Å²) in [6, 6.07) is 0. The molecule has 1 atom stereocenters. The zero-order valence-electron chi connectivity index (χ0n) is 8.16. The Hall–Kier alpha value is -0.200. The van der Waals surface area contributed by atoms with Crippen molar-refractivity contribution in [2.45, 2.75) is 13.2 Å². The van der Waals surface area contributed by atoms with E-state index in [1.54, 1.807) is 0 Å². The largest absolute Gasteiger partial charge is 0.379 e. The minimum atomic E-state index is -0.629. The molecule has 0 heterocycles. The maximum atomic E-state index is 8.98. The van der Waals surface area contributed by atoms with Gasteiger partial charge in [-0.1, -0.05) is 0 Å². The lowest BCUT2D eigenvalue weighted by Crippen LogP contribution is -2.37. The van der Waals surface area contributed by atoms with Gasteiger partial charge in [0.2, 0.25) is 0 Å². The Morgan fingerprint density at radius 3 is 2.62 bits per heavy atom. The smallest absolute Gasteiger partial charge is 0.117 e. The number of aliphatic hydroxyl groups excluding tert-OH is 1. The lowest BCUT2D eigenvalue weighted by atomic mass is 10.5. The van der Waals surface area contributed by atoms with Crippen molar-refractivity contribution in [1.82, 2.24) is 5.32 Å². The van der Waals surface area contributed by atoms with Gasteiger partial charge >= 0.3 is 0 Å². The van der Waals surface area contributed by atoms with E-state index in [1.165, 1.54) is 0 Å². The van der Waals surface area contributed by atoms with Crippen LogP contribution in [-0.4, -0.2) is 50.9 Å². The number of nitrogens with two attached hydrogens (primary N) is 1. The van der Waals surface area contributed by atoms with Gasteiger partial charge in [0, 0.05) is 19.7 Å². The normalized spacial score (nSPS) is 13.2. The first kappa shape index (κ1) is 12.8. The quantitative estimate of drug-likeness (QED) is 0.319. The van der Waals surface area contributed by atoms with Crippen molar-refractivity contribution < 1.29 is 14.6 Å². The predicted molar refractivity (Wildman–Crippen MR) is 50.4 cm³/mol. The van der Waals surface area contributed by atoms with Gasteiger partial charge in [-0.3, -0.25) is 5.32 Å². The summed E-state index contributed by atoms with van der Waals surface area (Å²) in [5.74, 6) is 0. The topological polar surface area (TPSA) is 76.7 Å². The predicted octanol–water partition coefficient (Wildman–Crippen LogP) is -1.09. The minimum Gasteiger partial charge on any atom is -0.379 e. The van der Waals surface area contributed by atoms with E-state index >= 15 is 0 Å². The Labute approximate surface area is 79.2 Å². The highest BCUT2D eigenvalue weighted by molar-refractivity contribution is 4.51. The van der Waals surface area contributed by atoms with Crippen molar-refractivity contribution in [1.29, 1.82) is 0 Å². The highest BCUT2D eigenvalue weighted by Crippen LogP contribution is 1.78. The molecule has 0 aliphatic carbocycles. The van der Waals surface area contributed by atoms with Crippen molar-refractivity contribution >= 4 is 0 Å². The van der Waals surface area contributed by atoms with Crippen LogP contribution in [-0.2, 0) is 9.47 Å². The second-order valence-corrected chi connectivity index (χ2v) is 2.51. The molecule has 80 valence electrons. The molecular formula is C8H20N2O3. The van der Waals surface area contributed by atoms with Crippen LogP contribution in [0.3, 0.4) is 0 Å². The molecule has 0 fully saturated rings. The van der Waals surface area contributed by atoms with Crippen LogP contribution in [0.2, 0.25) is 0 Å². The van der Waals surface area contributed by atoms with Crippen molar-refractivity contribution in [3.63, 3.8) is 0 Å². The number of hydrogen-bond acceptors (Lipinski definition) is 5. The fourth-order valence-corrected chi connectivity index (χ4v) is 0.745. The van der Waals surface area contributed by atoms with Crippen LogP contribution in [0, 0.1) is 0 Å². The molecule has 0 aromatic carbocycles. The van der Waals surface area contributed by atoms with E-state index in [0.717, 1.165) is 0 Å². The monoisotopic (exact) mass is 192 g/mol. The summed E-state index contributed by atoms with van der Waals surface area (Å²) < 4.78 is 10.3. The minimum absolute atomic E-state index is 0.221. The third-order valence-corrected chi connectivity index (χ3v) is 1.43. The lowest BCUT2D eigenvalue weighted by molar-refractivity contribution is 0.0478. The molecule has 0 bridgehead atoms. The van der Waals surface area contributed by atoms with Gasteiger partial charge in [-0.05, 0) is 6.92 Å². The van der Waals surface area contributed by atoms with Crippen LogP contribution in [0.1, 0.15) is 6.92 Å². The van der Waals surface area contributed by atoms with E-state index in [4.69, 9.17) is 20.3 Å². The van der Waals surface area contributed by atoms with Crippen molar-refractivity contribution in [2.75, 3.05) is 39.5 Å². The molecule has 1 unspecified atom stereocenters. The number of rotatable bonds is 9. The van der Waals surface area contributed by atoms with Crippen LogP contribution < -0.4 is 11.1 Å². The maximum Gasteiger partial charge on any atom is 0.117 e. The van der Waals surface area contributed by atoms with Gasteiger partial charge in [0.25, 0.3) is 0 Å². The lowest BCUT2D eigenvalue weighted by Gasteiger charge is -2.10. The summed E-state index contributed by atoms with van der Waals surface area (Å²) in [5, 5.41) is 11.8. The van der Waals surface area contributed by atoms with Crippen LogP contribution >= 0.6 is 0 Å². The number of aliphatic hydroxyl groups is 1. The third kappa shape index (κ3) is 9.72. The molecule has 5 nitrogen and oxygen atoms in total. The van der Waals surface area contributed by atoms with Crippen LogP contribution in [0.4, 0.5) is 0 Å². The molecule has 0 aromatic rings. The molecule has 0 amide bonds. The van der Waals surface area contributed by atoms with E-state index in [2.05, 4.69) is 5.32 Å². The van der Waals surface area contributed by atoms with E-state index in [1.807, 2.05) is 6.92 Å². The van der Waals surface area contributed by atoms with Crippen molar-refractivity contribution in [3.8, 4) is 0 Å². The highest BCUT2D eigenvalue weighted by Gasteiger charge is 1.97. The molecule has 0 aliphatic rings. The first-order valence-corrected chi connectivity index (χ1v) is 4.58. The summed E-state index contributed by atoms with van der Waals surface area (Å²) in [4.78, 5) is 0. The zero-order valence-corrected chi connectivity index (χ0v) is 8.16. The average Bonchev–Trinajstić information content (AvgIpc) is 2.16. The molecule has 4 N–H and O–H groups in total. The van der Waals surface area contributed by atoms with Gasteiger partial charge in [-0.15, -0.1) is 0 Å². The molecular weight excluding hydrogens is 172 g/mol. The SMILES string of the molecule is CCOCCOCCNC(O)CN. The van der Waals surface area contributed by atoms with Crippen LogP contribution in [0.15, 0.2) is 0 Å². The first-order valence-electron chi connectivity index (χ1n) is 4.58. The van der Waals surface area contributed by atoms with Crippen molar-refractivity contribution in [2.24, 2.45) is 5.73 Å². The molecule has 13 heavy (non-hydrogen) atoms. The Bertz CT molecular complexity index is 103. The van der Waals surface area contributed by atoms with Gasteiger partial charge in [-0.25, -0.2) is 0 Å². The summed E-state index contributed by atoms with van der Waals surface area (Å²) in [6.45, 7) is 5.25. The maximum absolute atomic E-state index is 8.98. The Kier molecular flexibility index (Phi) is 9.73. The third-order valence-electron chi connectivity index (χ3n) is 1.43. The Balaban J connectivity index is 2.91. The second kappa shape index (κ2) is 9.88. The molecule has 0 saturated heterocycles. The van der Waals surface area contributed by atoms with Gasteiger partial charge in [0.1, 0.15) is 6.23 Å². The first-order chi connectivity index (χ1) is 6.31. The van der Waals surface area contributed by atoms with Gasteiger partial charge in [-0.2, -0.15) is 0 Å². The van der Waals surface area contributed by atoms with Crippen molar-refractivity contribution in [3.05, 3.63) is 0 Å². The molecule has 5 heteroatoms. The van der Waals surface area contributed by atoms with E-state index in [0.29, 0.717) is 33.0 Å². The fourth-order valence-electron chi connectivity index (χ4n) is 0.745. The molecule has 0 radical (unpaired) electrons. The Morgan fingerprint density at radius 2 is 2.00 bits per heavy atom. The van der Waals surface area contributed by atoms with Gasteiger partial charge < -0.3 is 20.3 Å². The summed E-state index contributed by atoms with van der Waals surface area (Å²) in [6.07, 6.45) is -0.629. The molecule has 0 saturated carbocycles. The zero-order chi connectivity index (χ0) is 9.94. The summed E-state index contributed by atoms with van der Waals surface area (Å²) in [7, 11) is 0. The summed E-state index contributed by atoms with van der Waals surface area (Å²) in [5.41, 5.74) is 5.18. The van der Waals surface area contributed by atoms with Gasteiger partial charge in [0.05, 0.1) is 19.8 Å². The van der Waals surface area contributed by atoms with Crippen LogP contribution in [0.25, 0.3) is 0 Å². The van der Waals surface area contributed by atoms with Crippen LogP contribution in [0.5, 0.6) is 0 Å². The molecule has 0 rings (SSSR count). The molecule has 0 aromatic heterocycles. The van der Waals surface area contributed by atoms with E-state index < -0.39 is 6.23 Å². The summed E-state index contributed by atoms with van der Waals surface area (Å²) >= 11 is 0.